The molecule has 2 unspecified atom stereocenters. The number of halogens is 2. The molecule has 0 aliphatic carbocycles. The van der Waals surface area contributed by atoms with E-state index in [1.165, 1.54) is 0 Å². The highest BCUT2D eigenvalue weighted by atomic mass is 19.1. The molecule has 1 N–H and O–H groups in total. The van der Waals surface area contributed by atoms with Gasteiger partial charge in [0.1, 0.15) is 23.2 Å². The number of nitrogens with zero attached hydrogens (tertiary/aromatic N) is 4. The van der Waals surface area contributed by atoms with Gasteiger partial charge < -0.3 is 29.0 Å². The third kappa shape index (κ3) is 8.94. The van der Waals surface area contributed by atoms with Gasteiger partial charge in [-0.15, -0.1) is 13.2 Å². The van der Waals surface area contributed by atoms with Crippen LogP contribution in [0.25, 0.3) is 5.65 Å². The first-order chi connectivity index (χ1) is 22.1. The molecule has 1 aliphatic rings. The molecule has 4 rings (SSSR count). The maximum atomic E-state index is 14.8. The summed E-state index contributed by atoms with van der Waals surface area (Å²) in [5, 5.41) is 15.1. The standard InChI is InChI=1S/C35H46F2N4O6/c1-9-11-22(3)46-28-18-24(36)17-27(37)26(28)21-44-20-25-19-29-38-23(4)30(31(33(42)43)47-34(5,6)7)32(41(29)39-25)40-14-12-35(8,13-15-40)45-16-10-2/h9-10,17-19,22,31H,1-2,11-16,20-21H2,3-8H3,(H,42,43). The maximum Gasteiger partial charge on any atom is 0.337 e. The summed E-state index contributed by atoms with van der Waals surface area (Å²) in [4.78, 5) is 19.5. The molecule has 1 fully saturated rings. The van der Waals surface area contributed by atoms with E-state index >= 15 is 0 Å². The molecule has 1 aliphatic heterocycles. The number of hydrogen-bond donors (Lipinski definition) is 1. The van der Waals surface area contributed by atoms with E-state index in [0.29, 0.717) is 67.4 Å². The lowest BCUT2D eigenvalue weighted by Crippen LogP contribution is -2.45. The quantitative estimate of drug-likeness (QED) is 0.175. The summed E-state index contributed by atoms with van der Waals surface area (Å²) in [6.07, 6.45) is 3.63. The number of carboxylic acids is 1. The Kier molecular flexibility index (Phi) is 11.4. The van der Waals surface area contributed by atoms with Gasteiger partial charge >= 0.3 is 5.97 Å². The van der Waals surface area contributed by atoms with Gasteiger partial charge in [0.25, 0.3) is 0 Å². The number of ether oxygens (including phenoxy) is 4. The Hall–Kier alpha value is -3.87. The number of aryl methyl sites for hydroxylation is 1. The van der Waals surface area contributed by atoms with Gasteiger partial charge in [0, 0.05) is 43.4 Å². The first-order valence-corrected chi connectivity index (χ1v) is 15.8. The maximum absolute atomic E-state index is 14.8. The number of aromatic nitrogens is 3. The molecule has 3 heterocycles. The predicted molar refractivity (Wildman–Crippen MR) is 175 cm³/mol. The van der Waals surface area contributed by atoms with Crippen LogP contribution in [0.2, 0.25) is 0 Å². The number of benzene rings is 1. The molecule has 10 nitrogen and oxygen atoms in total. The lowest BCUT2D eigenvalue weighted by Gasteiger charge is -2.41. The van der Waals surface area contributed by atoms with Gasteiger partial charge in [-0.1, -0.05) is 12.2 Å². The van der Waals surface area contributed by atoms with Crippen molar-refractivity contribution in [3.8, 4) is 5.75 Å². The SMILES string of the molecule is C=CCOC1(C)CCN(c2c(C(OC(C)(C)C)C(=O)O)c(C)nc3cc(COCc4c(F)cc(F)cc4OC(C)CC=C)nn23)CC1. The van der Waals surface area contributed by atoms with Gasteiger partial charge in [0.2, 0.25) is 0 Å². The first-order valence-electron chi connectivity index (χ1n) is 15.8. The molecule has 3 aromatic rings. The Morgan fingerprint density at radius 3 is 2.47 bits per heavy atom. The van der Waals surface area contributed by atoms with E-state index in [1.54, 1.807) is 57.4 Å². The highest BCUT2D eigenvalue weighted by molar-refractivity contribution is 5.78. The van der Waals surface area contributed by atoms with Crippen LogP contribution in [0.1, 0.15) is 82.5 Å². The third-order valence-electron chi connectivity index (χ3n) is 7.93. The molecule has 47 heavy (non-hydrogen) atoms. The van der Waals surface area contributed by atoms with Gasteiger partial charge in [-0.05, 0) is 54.4 Å². The number of rotatable bonds is 15. The van der Waals surface area contributed by atoms with Crippen LogP contribution in [0, 0.1) is 18.6 Å². The van der Waals surface area contributed by atoms with Crippen molar-refractivity contribution in [2.24, 2.45) is 0 Å². The summed E-state index contributed by atoms with van der Waals surface area (Å²) < 4.78 is 54.3. The molecule has 2 aromatic heterocycles. The smallest absolute Gasteiger partial charge is 0.337 e. The Bertz CT molecular complexity index is 1590. The molecule has 1 aromatic carbocycles. The summed E-state index contributed by atoms with van der Waals surface area (Å²) in [7, 11) is 0. The van der Waals surface area contributed by atoms with E-state index < -0.39 is 29.3 Å². The molecule has 0 saturated carbocycles. The van der Waals surface area contributed by atoms with Crippen LogP contribution in [0.3, 0.4) is 0 Å². The van der Waals surface area contributed by atoms with Crippen molar-refractivity contribution >= 4 is 17.4 Å². The van der Waals surface area contributed by atoms with Crippen LogP contribution in [-0.2, 0) is 32.2 Å². The topological polar surface area (TPSA) is 108 Å². The predicted octanol–water partition coefficient (Wildman–Crippen LogP) is 6.88. The molecule has 0 spiro atoms. The lowest BCUT2D eigenvalue weighted by atomic mass is 9.92. The Morgan fingerprint density at radius 2 is 1.85 bits per heavy atom. The summed E-state index contributed by atoms with van der Waals surface area (Å²) >= 11 is 0. The minimum absolute atomic E-state index is 0.0238. The fourth-order valence-electron chi connectivity index (χ4n) is 5.61. The highest BCUT2D eigenvalue weighted by Gasteiger charge is 2.37. The Balaban J connectivity index is 1.68. The van der Waals surface area contributed by atoms with Crippen molar-refractivity contribution in [3.63, 3.8) is 0 Å². The zero-order valence-electron chi connectivity index (χ0n) is 28.1. The second kappa shape index (κ2) is 14.9. The van der Waals surface area contributed by atoms with E-state index in [1.807, 2.05) is 0 Å². The lowest BCUT2D eigenvalue weighted by molar-refractivity contribution is -0.160. The van der Waals surface area contributed by atoms with E-state index in [2.05, 4.69) is 25.0 Å². The molecular weight excluding hydrogens is 610 g/mol. The van der Waals surface area contributed by atoms with Gasteiger partial charge in [-0.2, -0.15) is 9.61 Å². The zero-order valence-corrected chi connectivity index (χ0v) is 28.1. The second-order valence-corrected chi connectivity index (χ2v) is 13.1. The fourth-order valence-corrected chi connectivity index (χ4v) is 5.61. The third-order valence-corrected chi connectivity index (χ3v) is 7.93. The van der Waals surface area contributed by atoms with Crippen LogP contribution < -0.4 is 9.64 Å². The Morgan fingerprint density at radius 1 is 1.15 bits per heavy atom. The van der Waals surface area contributed by atoms with Gasteiger partial charge in [0.05, 0.1) is 53.9 Å². The zero-order chi connectivity index (χ0) is 34.5. The minimum atomic E-state index is -1.31. The van der Waals surface area contributed by atoms with Crippen LogP contribution in [0.15, 0.2) is 43.5 Å². The molecule has 1 saturated heterocycles. The van der Waals surface area contributed by atoms with Crippen LogP contribution in [-0.4, -0.2) is 62.7 Å². The average Bonchev–Trinajstić information content (AvgIpc) is 3.38. The first kappa shape index (κ1) is 36.0. The van der Waals surface area contributed by atoms with E-state index in [0.717, 1.165) is 12.1 Å². The molecule has 2 atom stereocenters. The fraction of sp³-hybridized carbons (Fsp3) is 0.514. The average molecular weight is 657 g/mol. The highest BCUT2D eigenvalue weighted by Crippen LogP contribution is 2.38. The number of hydrogen-bond acceptors (Lipinski definition) is 8. The molecule has 256 valence electrons. The van der Waals surface area contributed by atoms with Crippen molar-refractivity contribution in [2.75, 3.05) is 24.6 Å². The summed E-state index contributed by atoms with van der Waals surface area (Å²) in [5.41, 5.74) is 0.857. The number of piperidine rings is 1. The Labute approximate surface area is 275 Å². The van der Waals surface area contributed by atoms with Crippen molar-refractivity contribution in [1.29, 1.82) is 0 Å². The minimum Gasteiger partial charge on any atom is -0.490 e. The molecular formula is C35H46F2N4O6. The van der Waals surface area contributed by atoms with E-state index in [9.17, 15) is 18.7 Å². The largest absolute Gasteiger partial charge is 0.490 e. The summed E-state index contributed by atoms with van der Waals surface area (Å²) in [5.74, 6) is -2.05. The number of carboxylic acid groups (broad SMARTS) is 1. The summed E-state index contributed by atoms with van der Waals surface area (Å²) in [6, 6.07) is 3.67. The number of carbonyl (C=O) groups is 1. The van der Waals surface area contributed by atoms with Gasteiger partial charge in [-0.3, -0.25) is 0 Å². The number of aliphatic carboxylic acids is 1. The van der Waals surface area contributed by atoms with Crippen molar-refractivity contribution in [3.05, 3.63) is 77.7 Å². The van der Waals surface area contributed by atoms with E-state index in [4.69, 9.17) is 29.0 Å². The monoisotopic (exact) mass is 656 g/mol. The summed E-state index contributed by atoms with van der Waals surface area (Å²) in [6.45, 7) is 19.8. The van der Waals surface area contributed by atoms with Gasteiger partial charge in [0.15, 0.2) is 11.8 Å². The molecule has 0 radical (unpaired) electrons. The molecule has 12 heteroatoms. The second-order valence-electron chi connectivity index (χ2n) is 13.1. The normalized spacial score (nSPS) is 16.2. The van der Waals surface area contributed by atoms with Crippen LogP contribution in [0.5, 0.6) is 5.75 Å². The van der Waals surface area contributed by atoms with Crippen molar-refractivity contribution < 1.29 is 37.6 Å². The van der Waals surface area contributed by atoms with Crippen molar-refractivity contribution in [2.45, 2.75) is 97.4 Å². The van der Waals surface area contributed by atoms with Gasteiger partial charge in [-0.25, -0.2) is 18.6 Å². The molecule has 0 bridgehead atoms. The number of fused-ring (bicyclic) bond motifs is 1. The van der Waals surface area contributed by atoms with Crippen LogP contribution >= 0.6 is 0 Å². The number of anilines is 1. The van der Waals surface area contributed by atoms with Crippen LogP contribution in [0.4, 0.5) is 14.6 Å². The van der Waals surface area contributed by atoms with E-state index in [-0.39, 0.29) is 36.2 Å². The van der Waals surface area contributed by atoms with Crippen molar-refractivity contribution in [1.82, 2.24) is 14.6 Å². The molecule has 0 amide bonds.